The summed E-state index contributed by atoms with van der Waals surface area (Å²) in [6.45, 7) is 3.71. The molecule has 2 rings (SSSR count). The molecule has 1 aliphatic rings. The molecule has 0 amide bonds. The topological polar surface area (TPSA) is 45.0 Å². The summed E-state index contributed by atoms with van der Waals surface area (Å²) in [5, 5.41) is 12.5. The lowest BCUT2D eigenvalue weighted by Gasteiger charge is -2.24. The minimum atomic E-state index is 0.426. The van der Waals surface area contributed by atoms with Crippen LogP contribution in [-0.4, -0.2) is 19.2 Å². The second-order valence-electron chi connectivity index (χ2n) is 4.52. The van der Waals surface area contributed by atoms with Crippen molar-refractivity contribution in [2.75, 3.05) is 13.2 Å². The fourth-order valence-corrected chi connectivity index (χ4v) is 2.18. The average molecular weight is 230 g/mol. The molecule has 1 unspecified atom stereocenters. The van der Waals surface area contributed by atoms with Crippen molar-refractivity contribution >= 4 is 0 Å². The van der Waals surface area contributed by atoms with Gasteiger partial charge in [0, 0.05) is 6.04 Å². The second kappa shape index (κ2) is 5.70. The van der Waals surface area contributed by atoms with Crippen molar-refractivity contribution in [3.05, 3.63) is 29.3 Å². The summed E-state index contributed by atoms with van der Waals surface area (Å²) in [4.78, 5) is 0. The number of hydrogen-bond donors (Lipinski definition) is 1. The largest absolute Gasteiger partial charge is 0.490 e. The summed E-state index contributed by atoms with van der Waals surface area (Å²) < 4.78 is 5.81. The van der Waals surface area contributed by atoms with Gasteiger partial charge in [0.05, 0.1) is 5.56 Å². The molecule has 1 aromatic carbocycles. The first-order valence-corrected chi connectivity index (χ1v) is 6.17. The Morgan fingerprint density at radius 1 is 1.47 bits per heavy atom. The van der Waals surface area contributed by atoms with Gasteiger partial charge in [0.15, 0.2) is 0 Å². The van der Waals surface area contributed by atoms with Crippen LogP contribution in [0, 0.1) is 18.3 Å². The van der Waals surface area contributed by atoms with E-state index in [1.807, 2.05) is 19.1 Å². The Morgan fingerprint density at radius 3 is 3.06 bits per heavy atom. The van der Waals surface area contributed by atoms with Crippen LogP contribution in [0.4, 0.5) is 0 Å². The lowest BCUT2D eigenvalue weighted by molar-refractivity contribution is 0.237. The van der Waals surface area contributed by atoms with Crippen molar-refractivity contribution in [2.24, 2.45) is 0 Å². The van der Waals surface area contributed by atoms with Gasteiger partial charge in [0.1, 0.15) is 18.4 Å². The van der Waals surface area contributed by atoms with Crippen LogP contribution in [-0.2, 0) is 0 Å². The van der Waals surface area contributed by atoms with Gasteiger partial charge in [-0.05, 0) is 37.9 Å². The van der Waals surface area contributed by atoms with Crippen LogP contribution in [0.3, 0.4) is 0 Å². The first-order valence-electron chi connectivity index (χ1n) is 6.17. The summed E-state index contributed by atoms with van der Waals surface area (Å²) in [6.07, 6.45) is 3.68. The number of benzene rings is 1. The highest BCUT2D eigenvalue weighted by Crippen LogP contribution is 2.23. The lowest BCUT2D eigenvalue weighted by Crippen LogP contribution is -2.38. The van der Waals surface area contributed by atoms with Gasteiger partial charge >= 0.3 is 0 Å². The molecule has 1 N–H and O–H groups in total. The second-order valence-corrected chi connectivity index (χ2v) is 4.52. The molecule has 1 aromatic rings. The molecule has 1 fully saturated rings. The van der Waals surface area contributed by atoms with Gasteiger partial charge < -0.3 is 10.1 Å². The molecule has 0 bridgehead atoms. The summed E-state index contributed by atoms with van der Waals surface area (Å²) in [5.41, 5.74) is 1.65. The SMILES string of the molecule is Cc1cccc(C#N)c1OCC1CCCCN1. The van der Waals surface area contributed by atoms with Crippen molar-refractivity contribution in [3.63, 3.8) is 0 Å². The Labute approximate surface area is 102 Å². The number of nitrogens with zero attached hydrogens (tertiary/aromatic N) is 1. The molecule has 3 nitrogen and oxygen atoms in total. The van der Waals surface area contributed by atoms with E-state index in [9.17, 15) is 0 Å². The maximum absolute atomic E-state index is 9.03. The van der Waals surface area contributed by atoms with Gasteiger partial charge in [-0.15, -0.1) is 0 Å². The summed E-state index contributed by atoms with van der Waals surface area (Å²) >= 11 is 0. The monoisotopic (exact) mass is 230 g/mol. The third kappa shape index (κ3) is 2.98. The van der Waals surface area contributed by atoms with Crippen LogP contribution < -0.4 is 10.1 Å². The average Bonchev–Trinajstić information content (AvgIpc) is 2.38. The minimum absolute atomic E-state index is 0.426. The van der Waals surface area contributed by atoms with E-state index in [0.29, 0.717) is 18.2 Å². The Hall–Kier alpha value is -1.53. The van der Waals surface area contributed by atoms with Gasteiger partial charge in [0.25, 0.3) is 0 Å². The zero-order chi connectivity index (χ0) is 12.1. The van der Waals surface area contributed by atoms with Crippen LogP contribution in [0.25, 0.3) is 0 Å². The van der Waals surface area contributed by atoms with Crippen molar-refractivity contribution in [1.82, 2.24) is 5.32 Å². The molecule has 0 aromatic heterocycles. The van der Waals surface area contributed by atoms with Crippen molar-refractivity contribution in [1.29, 1.82) is 5.26 Å². The van der Waals surface area contributed by atoms with Crippen LogP contribution in [0.2, 0.25) is 0 Å². The minimum Gasteiger partial charge on any atom is -0.490 e. The van der Waals surface area contributed by atoms with Crippen LogP contribution in [0.5, 0.6) is 5.75 Å². The van der Waals surface area contributed by atoms with Gasteiger partial charge in [0.2, 0.25) is 0 Å². The van der Waals surface area contributed by atoms with E-state index in [-0.39, 0.29) is 0 Å². The van der Waals surface area contributed by atoms with E-state index < -0.39 is 0 Å². The molecule has 1 saturated heterocycles. The van der Waals surface area contributed by atoms with E-state index in [2.05, 4.69) is 11.4 Å². The van der Waals surface area contributed by atoms with E-state index in [0.717, 1.165) is 24.3 Å². The Morgan fingerprint density at radius 2 is 2.35 bits per heavy atom. The molecule has 90 valence electrons. The smallest absolute Gasteiger partial charge is 0.140 e. The van der Waals surface area contributed by atoms with Gasteiger partial charge in [-0.2, -0.15) is 5.26 Å². The maximum Gasteiger partial charge on any atom is 0.140 e. The maximum atomic E-state index is 9.03. The quantitative estimate of drug-likeness (QED) is 0.867. The standard InChI is InChI=1S/C14H18N2O/c1-11-5-4-6-12(9-15)14(11)17-10-13-7-2-3-8-16-13/h4-6,13,16H,2-3,7-8,10H2,1H3. The van der Waals surface area contributed by atoms with Crippen LogP contribution >= 0.6 is 0 Å². The third-order valence-electron chi connectivity index (χ3n) is 3.17. The van der Waals surface area contributed by atoms with Crippen LogP contribution in [0.15, 0.2) is 18.2 Å². The highest BCUT2D eigenvalue weighted by molar-refractivity contribution is 5.47. The molecule has 1 aliphatic heterocycles. The molecule has 17 heavy (non-hydrogen) atoms. The highest BCUT2D eigenvalue weighted by atomic mass is 16.5. The zero-order valence-corrected chi connectivity index (χ0v) is 10.2. The third-order valence-corrected chi connectivity index (χ3v) is 3.17. The Bertz CT molecular complexity index is 417. The predicted octanol–water partition coefficient (Wildman–Crippen LogP) is 2.39. The molecule has 0 radical (unpaired) electrons. The van der Waals surface area contributed by atoms with Gasteiger partial charge in [-0.25, -0.2) is 0 Å². The molecule has 3 heteroatoms. The number of para-hydroxylation sites is 1. The first-order chi connectivity index (χ1) is 8.31. The highest BCUT2D eigenvalue weighted by Gasteiger charge is 2.14. The van der Waals surface area contributed by atoms with Crippen LogP contribution in [0.1, 0.15) is 30.4 Å². The van der Waals surface area contributed by atoms with Crippen molar-refractivity contribution in [3.8, 4) is 11.8 Å². The predicted molar refractivity (Wildman–Crippen MR) is 67.0 cm³/mol. The number of nitrogens with one attached hydrogen (secondary N) is 1. The summed E-state index contributed by atoms with van der Waals surface area (Å²) in [5.74, 6) is 0.738. The van der Waals surface area contributed by atoms with E-state index in [4.69, 9.17) is 10.00 Å². The molecule has 1 atom stereocenters. The Balaban J connectivity index is 2.00. The number of nitriles is 1. The van der Waals surface area contributed by atoms with Crippen molar-refractivity contribution in [2.45, 2.75) is 32.2 Å². The number of hydrogen-bond acceptors (Lipinski definition) is 3. The van der Waals surface area contributed by atoms with Gasteiger partial charge in [-0.1, -0.05) is 18.6 Å². The number of piperidine rings is 1. The first kappa shape index (κ1) is 11.9. The number of rotatable bonds is 3. The number of aryl methyl sites for hydroxylation is 1. The summed E-state index contributed by atoms with van der Waals surface area (Å²) in [6, 6.07) is 8.27. The molecule has 0 spiro atoms. The van der Waals surface area contributed by atoms with Gasteiger partial charge in [-0.3, -0.25) is 0 Å². The zero-order valence-electron chi connectivity index (χ0n) is 10.2. The van der Waals surface area contributed by atoms with E-state index in [1.54, 1.807) is 6.07 Å². The molecular formula is C14H18N2O. The van der Waals surface area contributed by atoms with E-state index >= 15 is 0 Å². The normalized spacial score (nSPS) is 19.6. The van der Waals surface area contributed by atoms with Crippen molar-refractivity contribution < 1.29 is 4.74 Å². The van der Waals surface area contributed by atoms with E-state index in [1.165, 1.54) is 12.8 Å². The molecule has 0 saturated carbocycles. The molecule has 0 aliphatic carbocycles. The fourth-order valence-electron chi connectivity index (χ4n) is 2.18. The Kier molecular flexibility index (Phi) is 4.00. The number of ether oxygens (including phenoxy) is 1. The fraction of sp³-hybridized carbons (Fsp3) is 0.500. The lowest BCUT2D eigenvalue weighted by atomic mass is 10.1. The summed E-state index contributed by atoms with van der Waals surface area (Å²) in [7, 11) is 0. The molecule has 1 heterocycles. The molecular weight excluding hydrogens is 212 g/mol.